The van der Waals surface area contributed by atoms with Gasteiger partial charge in [-0.3, -0.25) is 0 Å². The van der Waals surface area contributed by atoms with Gasteiger partial charge in [0.1, 0.15) is 5.82 Å². The number of benzene rings is 1. The number of aryl methyl sites for hydroxylation is 1. The number of hydrogen-bond donors (Lipinski definition) is 0. The molecule has 1 aromatic carbocycles. The van der Waals surface area contributed by atoms with Crippen LogP contribution in [0.4, 0.5) is 4.39 Å². The molecule has 15 heavy (non-hydrogen) atoms. The Balaban J connectivity index is 2.31. The first kappa shape index (κ1) is 10.9. The van der Waals surface area contributed by atoms with Crippen molar-refractivity contribution in [3.8, 4) is 0 Å². The molecule has 0 spiro atoms. The molecule has 0 saturated carbocycles. The van der Waals surface area contributed by atoms with Gasteiger partial charge in [-0.1, -0.05) is 17.7 Å². The highest BCUT2D eigenvalue weighted by Gasteiger charge is 2.30. The van der Waals surface area contributed by atoms with Gasteiger partial charge in [-0.25, -0.2) is 4.39 Å². The monoisotopic (exact) mass is 228 g/mol. The maximum absolute atomic E-state index is 13.6. The smallest absolute Gasteiger partial charge is 0.129 e. The minimum Gasteiger partial charge on any atom is -0.373 e. The van der Waals surface area contributed by atoms with Crippen LogP contribution in [0.1, 0.15) is 23.7 Å². The molecule has 1 nitrogen and oxygen atoms in total. The van der Waals surface area contributed by atoms with E-state index in [1.165, 1.54) is 6.07 Å². The van der Waals surface area contributed by atoms with Crippen LogP contribution in [-0.2, 0) is 4.74 Å². The lowest BCUT2D eigenvalue weighted by atomic mass is 9.95. The van der Waals surface area contributed by atoms with Crippen molar-refractivity contribution in [2.24, 2.45) is 5.92 Å². The summed E-state index contributed by atoms with van der Waals surface area (Å²) < 4.78 is 19.2. The van der Waals surface area contributed by atoms with Crippen molar-refractivity contribution >= 4 is 11.6 Å². The van der Waals surface area contributed by atoms with Crippen LogP contribution in [0.15, 0.2) is 18.2 Å². The number of alkyl halides is 1. The van der Waals surface area contributed by atoms with Gasteiger partial charge in [0.15, 0.2) is 0 Å². The van der Waals surface area contributed by atoms with Crippen LogP contribution in [0.5, 0.6) is 0 Å². The van der Waals surface area contributed by atoms with Gasteiger partial charge in [0, 0.05) is 24.0 Å². The van der Waals surface area contributed by atoms with E-state index < -0.39 is 0 Å². The fourth-order valence-electron chi connectivity index (χ4n) is 2.02. The number of halogens is 2. The maximum atomic E-state index is 13.6. The normalized spacial score (nSPS) is 25.8. The van der Waals surface area contributed by atoms with Crippen molar-refractivity contribution in [2.75, 3.05) is 12.5 Å². The van der Waals surface area contributed by atoms with E-state index in [1.54, 1.807) is 6.07 Å². The number of ether oxygens (including phenoxy) is 1. The molecule has 0 N–H and O–H groups in total. The summed E-state index contributed by atoms with van der Waals surface area (Å²) in [6.07, 6.45) is 0.754. The van der Waals surface area contributed by atoms with Gasteiger partial charge < -0.3 is 4.74 Å². The molecule has 1 aromatic rings. The highest BCUT2D eigenvalue weighted by molar-refractivity contribution is 6.18. The summed E-state index contributed by atoms with van der Waals surface area (Å²) in [4.78, 5) is 0. The third-order valence-corrected chi connectivity index (χ3v) is 3.27. The second-order valence-corrected chi connectivity index (χ2v) is 4.33. The molecule has 0 bridgehead atoms. The molecule has 0 radical (unpaired) electrons. The molecular formula is C12H14ClFO. The first-order valence-electron chi connectivity index (χ1n) is 5.16. The van der Waals surface area contributed by atoms with Gasteiger partial charge >= 0.3 is 0 Å². The van der Waals surface area contributed by atoms with Crippen LogP contribution in [0.25, 0.3) is 0 Å². The number of hydrogen-bond acceptors (Lipinski definition) is 1. The maximum Gasteiger partial charge on any atom is 0.129 e. The fraction of sp³-hybridized carbons (Fsp3) is 0.500. The van der Waals surface area contributed by atoms with E-state index in [0.29, 0.717) is 18.1 Å². The van der Waals surface area contributed by atoms with E-state index in [0.717, 1.165) is 12.0 Å². The summed E-state index contributed by atoms with van der Waals surface area (Å²) in [7, 11) is 0. The lowest BCUT2D eigenvalue weighted by Crippen LogP contribution is -2.10. The Morgan fingerprint density at radius 2 is 2.33 bits per heavy atom. The summed E-state index contributed by atoms with van der Waals surface area (Å²) in [5.74, 6) is 0.573. The molecule has 0 aliphatic carbocycles. The summed E-state index contributed by atoms with van der Waals surface area (Å²) in [5, 5.41) is 0. The second-order valence-electron chi connectivity index (χ2n) is 4.02. The SMILES string of the molecule is Cc1ccc(F)c(C2OCCC2CCl)c1. The van der Waals surface area contributed by atoms with E-state index in [-0.39, 0.29) is 17.8 Å². The Kier molecular flexibility index (Phi) is 3.27. The molecule has 2 unspecified atom stereocenters. The van der Waals surface area contributed by atoms with Gasteiger partial charge in [-0.15, -0.1) is 11.6 Å². The lowest BCUT2D eigenvalue weighted by Gasteiger charge is -2.17. The molecule has 1 aliphatic heterocycles. The molecular weight excluding hydrogens is 215 g/mol. The van der Waals surface area contributed by atoms with Crippen LogP contribution in [-0.4, -0.2) is 12.5 Å². The fourth-order valence-corrected chi connectivity index (χ4v) is 2.33. The first-order valence-corrected chi connectivity index (χ1v) is 5.69. The minimum atomic E-state index is -0.192. The van der Waals surface area contributed by atoms with Crippen LogP contribution >= 0.6 is 11.6 Å². The predicted molar refractivity (Wildman–Crippen MR) is 58.7 cm³/mol. The van der Waals surface area contributed by atoms with Crippen molar-refractivity contribution < 1.29 is 9.13 Å². The second kappa shape index (κ2) is 4.50. The average molecular weight is 229 g/mol. The van der Waals surface area contributed by atoms with Crippen molar-refractivity contribution in [1.29, 1.82) is 0 Å². The molecule has 1 saturated heterocycles. The Bertz CT molecular complexity index is 353. The van der Waals surface area contributed by atoms with Gasteiger partial charge in [-0.2, -0.15) is 0 Å². The van der Waals surface area contributed by atoms with E-state index in [1.807, 2.05) is 13.0 Å². The van der Waals surface area contributed by atoms with E-state index >= 15 is 0 Å². The summed E-state index contributed by atoms with van der Waals surface area (Å²) >= 11 is 5.84. The molecule has 82 valence electrons. The Morgan fingerprint density at radius 1 is 1.53 bits per heavy atom. The Morgan fingerprint density at radius 3 is 3.07 bits per heavy atom. The van der Waals surface area contributed by atoms with Crippen molar-refractivity contribution in [1.82, 2.24) is 0 Å². The lowest BCUT2D eigenvalue weighted by molar-refractivity contribution is 0.0920. The molecule has 0 amide bonds. The zero-order chi connectivity index (χ0) is 10.8. The van der Waals surface area contributed by atoms with Crippen molar-refractivity contribution in [3.63, 3.8) is 0 Å². The minimum absolute atomic E-state index is 0.164. The summed E-state index contributed by atoms with van der Waals surface area (Å²) in [6.45, 7) is 2.63. The third kappa shape index (κ3) is 2.16. The molecule has 1 fully saturated rings. The Labute approximate surface area is 94.2 Å². The zero-order valence-electron chi connectivity index (χ0n) is 8.67. The van der Waals surface area contributed by atoms with Crippen molar-refractivity contribution in [2.45, 2.75) is 19.4 Å². The molecule has 2 atom stereocenters. The van der Waals surface area contributed by atoms with Gasteiger partial charge in [-0.05, 0) is 19.4 Å². The number of rotatable bonds is 2. The quantitative estimate of drug-likeness (QED) is 0.705. The molecule has 1 heterocycles. The van der Waals surface area contributed by atoms with Crippen LogP contribution in [0, 0.1) is 18.7 Å². The standard InChI is InChI=1S/C12H14ClFO/c1-8-2-3-11(14)10(6-8)12-9(7-13)4-5-15-12/h2-3,6,9,12H,4-5,7H2,1H3. The van der Waals surface area contributed by atoms with E-state index in [4.69, 9.17) is 16.3 Å². The van der Waals surface area contributed by atoms with Crippen LogP contribution in [0.2, 0.25) is 0 Å². The largest absolute Gasteiger partial charge is 0.373 e. The predicted octanol–water partition coefficient (Wildman–Crippen LogP) is 3.45. The third-order valence-electron chi connectivity index (χ3n) is 2.87. The van der Waals surface area contributed by atoms with Gasteiger partial charge in [0.25, 0.3) is 0 Å². The highest BCUT2D eigenvalue weighted by Crippen LogP contribution is 2.36. The molecule has 0 aromatic heterocycles. The average Bonchev–Trinajstić information content (AvgIpc) is 2.69. The highest BCUT2D eigenvalue weighted by atomic mass is 35.5. The van der Waals surface area contributed by atoms with Crippen LogP contribution < -0.4 is 0 Å². The molecule has 3 heteroatoms. The zero-order valence-corrected chi connectivity index (χ0v) is 9.43. The van der Waals surface area contributed by atoms with Gasteiger partial charge in [0.05, 0.1) is 6.10 Å². The Hall–Kier alpha value is -0.600. The topological polar surface area (TPSA) is 9.23 Å². The van der Waals surface area contributed by atoms with Gasteiger partial charge in [0.2, 0.25) is 0 Å². The summed E-state index contributed by atoms with van der Waals surface area (Å²) in [6, 6.07) is 5.12. The van der Waals surface area contributed by atoms with E-state index in [9.17, 15) is 4.39 Å². The van der Waals surface area contributed by atoms with E-state index in [2.05, 4.69) is 0 Å². The van der Waals surface area contributed by atoms with Crippen LogP contribution in [0.3, 0.4) is 0 Å². The molecule has 2 rings (SSSR count). The van der Waals surface area contributed by atoms with Crippen molar-refractivity contribution in [3.05, 3.63) is 35.1 Å². The molecule has 1 aliphatic rings. The first-order chi connectivity index (χ1) is 7.22. The summed E-state index contributed by atoms with van der Waals surface area (Å²) in [5.41, 5.74) is 1.70.